The van der Waals surface area contributed by atoms with E-state index in [0.29, 0.717) is 16.3 Å². The van der Waals surface area contributed by atoms with E-state index in [-0.39, 0.29) is 5.76 Å². The molecule has 0 aliphatic rings. The average Bonchev–Trinajstić information content (AvgIpc) is 2.75. The van der Waals surface area contributed by atoms with Gasteiger partial charge in [-0.1, -0.05) is 28.9 Å². The van der Waals surface area contributed by atoms with Crippen LogP contribution in [0.3, 0.4) is 0 Å². The monoisotopic (exact) mass is 300 g/mol. The Morgan fingerprint density at radius 1 is 1.37 bits per heavy atom. The van der Waals surface area contributed by atoms with Crippen LogP contribution in [0.15, 0.2) is 34.9 Å². The predicted octanol–water partition coefficient (Wildman–Crippen LogP) is 1.68. The average molecular weight is 301 g/mol. The molecule has 0 saturated heterocycles. The normalized spacial score (nSPS) is 11.3. The summed E-state index contributed by atoms with van der Waals surface area (Å²) in [6.07, 6.45) is 0.874. The Morgan fingerprint density at radius 2 is 2.11 bits per heavy atom. The van der Waals surface area contributed by atoms with E-state index in [1.807, 2.05) is 0 Å². The number of hydrogen-bond acceptors (Lipinski definition) is 5. The van der Waals surface area contributed by atoms with Crippen LogP contribution in [0.1, 0.15) is 10.6 Å². The number of nitrogens with one attached hydrogen (secondary N) is 1. The van der Waals surface area contributed by atoms with Crippen LogP contribution in [0.25, 0.3) is 11.3 Å². The van der Waals surface area contributed by atoms with Crippen molar-refractivity contribution in [1.82, 2.24) is 9.88 Å². The van der Waals surface area contributed by atoms with Crippen molar-refractivity contribution in [2.24, 2.45) is 0 Å². The topological polar surface area (TPSA) is 89.3 Å². The van der Waals surface area contributed by atoms with Gasteiger partial charge < -0.3 is 4.52 Å². The molecule has 1 aromatic carbocycles. The number of hydrogen-bond donors (Lipinski definition) is 1. The maximum Gasteiger partial charge on any atom is 0.303 e. The highest BCUT2D eigenvalue weighted by Gasteiger charge is 2.17. The molecule has 0 spiro atoms. The molecule has 0 fully saturated rings. The second kappa shape index (κ2) is 5.02. The number of benzene rings is 1. The van der Waals surface area contributed by atoms with E-state index in [1.165, 1.54) is 6.07 Å². The Kier molecular flexibility index (Phi) is 3.59. The van der Waals surface area contributed by atoms with Gasteiger partial charge in [-0.15, -0.1) is 0 Å². The van der Waals surface area contributed by atoms with Crippen molar-refractivity contribution in [3.05, 3.63) is 41.1 Å². The second-order valence-corrected chi connectivity index (χ2v) is 5.97. The lowest BCUT2D eigenvalue weighted by Crippen LogP contribution is -2.28. The third-order valence-corrected chi connectivity index (χ3v) is 2.92. The van der Waals surface area contributed by atoms with Gasteiger partial charge in [-0.3, -0.25) is 4.79 Å². The lowest BCUT2D eigenvalue weighted by Gasteiger charge is -1.97. The molecule has 1 aromatic heterocycles. The molecule has 0 aliphatic carbocycles. The van der Waals surface area contributed by atoms with Gasteiger partial charge in [0.25, 0.3) is 0 Å². The first-order valence-corrected chi connectivity index (χ1v) is 7.37. The number of carbonyl (C=O) groups excluding carboxylic acids is 1. The summed E-state index contributed by atoms with van der Waals surface area (Å²) in [5.41, 5.74) is 1.05. The Morgan fingerprint density at radius 3 is 2.74 bits per heavy atom. The van der Waals surface area contributed by atoms with Gasteiger partial charge in [-0.25, -0.2) is 13.1 Å². The summed E-state index contributed by atoms with van der Waals surface area (Å²) in [6.45, 7) is 0. The van der Waals surface area contributed by atoms with E-state index in [2.05, 4.69) is 5.16 Å². The van der Waals surface area contributed by atoms with Crippen molar-refractivity contribution in [1.29, 1.82) is 0 Å². The second-order valence-electron chi connectivity index (χ2n) is 3.79. The third kappa shape index (κ3) is 3.55. The number of carbonyl (C=O) groups is 1. The van der Waals surface area contributed by atoms with Crippen molar-refractivity contribution in [3.8, 4) is 11.3 Å². The van der Waals surface area contributed by atoms with E-state index in [9.17, 15) is 13.2 Å². The number of nitrogens with zero attached hydrogens (tertiary/aromatic N) is 1. The smallest absolute Gasteiger partial charge is 0.303 e. The number of aromatic nitrogens is 1. The summed E-state index contributed by atoms with van der Waals surface area (Å²) >= 11 is 5.83. The summed E-state index contributed by atoms with van der Waals surface area (Å²) in [7, 11) is -3.64. The van der Waals surface area contributed by atoms with Gasteiger partial charge in [0.05, 0.1) is 6.26 Å². The van der Waals surface area contributed by atoms with Crippen LogP contribution in [-0.2, 0) is 10.0 Å². The van der Waals surface area contributed by atoms with Gasteiger partial charge in [0, 0.05) is 16.7 Å². The molecule has 0 unspecified atom stereocenters. The molecule has 0 radical (unpaired) electrons. The van der Waals surface area contributed by atoms with Crippen molar-refractivity contribution >= 4 is 27.5 Å². The maximum atomic E-state index is 11.5. The van der Waals surface area contributed by atoms with Crippen molar-refractivity contribution in [2.75, 3.05) is 6.26 Å². The molecule has 0 aliphatic heterocycles. The minimum absolute atomic E-state index is 0.194. The molecule has 1 amide bonds. The molecule has 6 nitrogen and oxygen atoms in total. The standard InChI is InChI=1S/C11H9ClN2O4S/c1-19(16,17)14-11(15)10-6-9(13-18-10)7-3-2-4-8(12)5-7/h2-6H,1H3,(H,14,15). The summed E-state index contributed by atoms with van der Waals surface area (Å²) in [4.78, 5) is 11.5. The number of sulfonamides is 1. The Hall–Kier alpha value is -1.86. The Bertz CT molecular complexity index is 724. The largest absolute Gasteiger partial charge is 0.350 e. The summed E-state index contributed by atoms with van der Waals surface area (Å²) < 4.78 is 28.4. The van der Waals surface area contributed by atoms with Crippen LogP contribution in [-0.4, -0.2) is 25.7 Å². The van der Waals surface area contributed by atoms with E-state index in [4.69, 9.17) is 16.1 Å². The fraction of sp³-hybridized carbons (Fsp3) is 0.0909. The van der Waals surface area contributed by atoms with Gasteiger partial charge in [0.2, 0.25) is 15.8 Å². The predicted molar refractivity (Wildman–Crippen MR) is 69.3 cm³/mol. The van der Waals surface area contributed by atoms with Crippen LogP contribution in [0.4, 0.5) is 0 Å². The van der Waals surface area contributed by atoms with Gasteiger partial charge in [-0.05, 0) is 12.1 Å². The van der Waals surface area contributed by atoms with E-state index in [1.54, 1.807) is 29.0 Å². The quantitative estimate of drug-likeness (QED) is 0.931. The first kappa shape index (κ1) is 13.6. The van der Waals surface area contributed by atoms with Crippen LogP contribution in [0.5, 0.6) is 0 Å². The molecule has 2 rings (SSSR count). The van der Waals surface area contributed by atoms with Crippen LogP contribution in [0, 0.1) is 0 Å². The molecule has 1 heterocycles. The molecule has 19 heavy (non-hydrogen) atoms. The maximum absolute atomic E-state index is 11.5. The summed E-state index contributed by atoms with van der Waals surface area (Å²) in [5, 5.41) is 4.21. The molecular formula is C11H9ClN2O4S. The SMILES string of the molecule is CS(=O)(=O)NC(=O)c1cc(-c2cccc(Cl)c2)no1. The number of rotatable bonds is 3. The molecule has 0 bridgehead atoms. The molecule has 100 valence electrons. The first-order valence-electron chi connectivity index (χ1n) is 5.10. The zero-order chi connectivity index (χ0) is 14.0. The fourth-order valence-corrected chi connectivity index (χ4v) is 2.01. The molecule has 0 atom stereocenters. The zero-order valence-electron chi connectivity index (χ0n) is 9.75. The Labute approximate surface area is 114 Å². The minimum Gasteiger partial charge on any atom is -0.350 e. The Balaban J connectivity index is 2.27. The lowest BCUT2D eigenvalue weighted by atomic mass is 10.1. The number of halogens is 1. The van der Waals surface area contributed by atoms with Crippen LogP contribution < -0.4 is 4.72 Å². The van der Waals surface area contributed by atoms with Gasteiger partial charge in [0.15, 0.2) is 0 Å². The van der Waals surface area contributed by atoms with E-state index in [0.717, 1.165) is 6.26 Å². The third-order valence-electron chi connectivity index (χ3n) is 2.13. The first-order chi connectivity index (χ1) is 8.85. The van der Waals surface area contributed by atoms with Crippen LogP contribution in [0.2, 0.25) is 5.02 Å². The highest BCUT2D eigenvalue weighted by atomic mass is 35.5. The fourth-order valence-electron chi connectivity index (χ4n) is 1.38. The van der Waals surface area contributed by atoms with Crippen molar-refractivity contribution < 1.29 is 17.7 Å². The summed E-state index contributed by atoms with van der Waals surface area (Å²) in [5.74, 6) is -1.07. The molecule has 1 N–H and O–H groups in total. The summed E-state index contributed by atoms with van der Waals surface area (Å²) in [6, 6.07) is 8.15. The molecule has 2 aromatic rings. The molecular weight excluding hydrogens is 292 g/mol. The van der Waals surface area contributed by atoms with Crippen molar-refractivity contribution in [2.45, 2.75) is 0 Å². The highest BCUT2D eigenvalue weighted by molar-refractivity contribution is 7.89. The molecule has 0 saturated carbocycles. The highest BCUT2D eigenvalue weighted by Crippen LogP contribution is 2.22. The minimum atomic E-state index is -3.64. The van der Waals surface area contributed by atoms with Crippen LogP contribution >= 0.6 is 11.6 Å². The van der Waals surface area contributed by atoms with Gasteiger partial charge in [-0.2, -0.15) is 0 Å². The lowest BCUT2D eigenvalue weighted by molar-refractivity contribution is 0.0946. The zero-order valence-corrected chi connectivity index (χ0v) is 11.3. The molecule has 8 heteroatoms. The number of amides is 1. The van der Waals surface area contributed by atoms with Gasteiger partial charge >= 0.3 is 5.91 Å². The van der Waals surface area contributed by atoms with E-state index >= 15 is 0 Å². The van der Waals surface area contributed by atoms with Gasteiger partial charge in [0.1, 0.15) is 5.69 Å². The van der Waals surface area contributed by atoms with E-state index < -0.39 is 15.9 Å². The van der Waals surface area contributed by atoms with Crippen molar-refractivity contribution in [3.63, 3.8) is 0 Å².